The maximum atomic E-state index is 9.75. The molecule has 1 rings (SSSR count). The van der Waals surface area contributed by atoms with E-state index in [0.29, 0.717) is 36.9 Å². The molecule has 0 saturated heterocycles. The first kappa shape index (κ1) is 17.2. The largest absolute Gasteiger partial charge is 0.489 e. The summed E-state index contributed by atoms with van der Waals surface area (Å²) in [6.45, 7) is 1.48. The van der Waals surface area contributed by atoms with Crippen molar-refractivity contribution in [2.24, 2.45) is 0 Å². The topological polar surface area (TPSA) is 71.0 Å². The Balaban J connectivity index is 2.12. The fourth-order valence-corrected chi connectivity index (χ4v) is 1.81. The third kappa shape index (κ3) is 7.07. The van der Waals surface area contributed by atoms with Crippen molar-refractivity contribution in [1.29, 1.82) is 0 Å². The Bertz CT molecular complexity index is 378. The normalized spacial score (nSPS) is 14.0. The summed E-state index contributed by atoms with van der Waals surface area (Å²) in [6.07, 6.45) is -0.541. The molecule has 1 aromatic carbocycles. The lowest BCUT2D eigenvalue weighted by molar-refractivity contribution is 0.0577. The number of nitrogens with one attached hydrogen (secondary N) is 1. The smallest absolute Gasteiger partial charge is 0.138 e. The highest BCUT2D eigenvalue weighted by molar-refractivity contribution is 6.32. The molecule has 0 aliphatic carbocycles. The predicted octanol–water partition coefficient (Wildman–Crippen LogP) is 1.07. The van der Waals surface area contributed by atoms with Crippen molar-refractivity contribution in [2.45, 2.75) is 18.6 Å². The van der Waals surface area contributed by atoms with E-state index < -0.39 is 12.2 Å². The molecule has 5 nitrogen and oxygen atoms in total. The number of halogens is 1. The van der Waals surface area contributed by atoms with Gasteiger partial charge in [-0.05, 0) is 25.1 Å². The number of aliphatic hydroxyl groups excluding tert-OH is 2. The van der Waals surface area contributed by atoms with Crippen molar-refractivity contribution < 1.29 is 19.7 Å². The molecule has 0 aliphatic rings. The predicted molar refractivity (Wildman–Crippen MR) is 78.3 cm³/mol. The first-order valence-corrected chi connectivity index (χ1v) is 6.94. The van der Waals surface area contributed by atoms with Crippen LogP contribution in [0.2, 0.25) is 5.02 Å². The van der Waals surface area contributed by atoms with Crippen LogP contribution in [0.4, 0.5) is 0 Å². The summed E-state index contributed by atoms with van der Waals surface area (Å²) in [5, 5.41) is 22.8. The van der Waals surface area contributed by atoms with Crippen molar-refractivity contribution in [3.8, 4) is 5.75 Å². The highest BCUT2D eigenvalue weighted by Gasteiger charge is 2.08. The minimum atomic E-state index is -0.633. The maximum absolute atomic E-state index is 9.75. The van der Waals surface area contributed by atoms with Crippen LogP contribution in [0.15, 0.2) is 24.3 Å². The molecule has 1 aromatic rings. The monoisotopic (exact) mass is 303 g/mol. The highest BCUT2D eigenvalue weighted by atomic mass is 35.5. The average molecular weight is 304 g/mol. The van der Waals surface area contributed by atoms with Crippen LogP contribution in [0.5, 0.6) is 5.75 Å². The Morgan fingerprint density at radius 2 is 1.95 bits per heavy atom. The number of aliphatic hydroxyl groups is 2. The number of para-hydroxylation sites is 1. The summed E-state index contributed by atoms with van der Waals surface area (Å²) in [6, 6.07) is 7.13. The van der Waals surface area contributed by atoms with Gasteiger partial charge in [-0.3, -0.25) is 0 Å². The molecule has 6 heteroatoms. The Labute approximate surface area is 124 Å². The summed E-state index contributed by atoms with van der Waals surface area (Å²) < 4.78 is 10.2. The summed E-state index contributed by atoms with van der Waals surface area (Å²) >= 11 is 5.94. The molecular weight excluding hydrogens is 282 g/mol. The number of rotatable bonds is 10. The van der Waals surface area contributed by atoms with Gasteiger partial charge in [-0.25, -0.2) is 0 Å². The molecule has 0 bridgehead atoms. The van der Waals surface area contributed by atoms with E-state index in [2.05, 4.69) is 5.32 Å². The quantitative estimate of drug-likeness (QED) is 0.564. The molecule has 0 heterocycles. The van der Waals surface area contributed by atoms with E-state index in [4.69, 9.17) is 21.1 Å². The molecular formula is C14H22ClNO4. The van der Waals surface area contributed by atoms with E-state index in [1.165, 1.54) is 0 Å². The number of benzene rings is 1. The summed E-state index contributed by atoms with van der Waals surface area (Å²) in [7, 11) is 1.55. The highest BCUT2D eigenvalue weighted by Crippen LogP contribution is 2.22. The zero-order valence-electron chi connectivity index (χ0n) is 11.6. The lowest BCUT2D eigenvalue weighted by atomic mass is 10.2. The van der Waals surface area contributed by atoms with E-state index in [0.717, 1.165) is 0 Å². The van der Waals surface area contributed by atoms with Gasteiger partial charge in [-0.2, -0.15) is 0 Å². The fourth-order valence-electron chi connectivity index (χ4n) is 1.62. The minimum Gasteiger partial charge on any atom is -0.489 e. The number of ether oxygens (including phenoxy) is 2. The van der Waals surface area contributed by atoms with Crippen molar-refractivity contribution in [3.05, 3.63) is 29.3 Å². The zero-order chi connectivity index (χ0) is 14.8. The molecule has 0 aliphatic heterocycles. The third-order valence-electron chi connectivity index (χ3n) is 2.66. The van der Waals surface area contributed by atoms with Crippen LogP contribution in [-0.2, 0) is 4.74 Å². The van der Waals surface area contributed by atoms with E-state index in [9.17, 15) is 10.2 Å². The van der Waals surface area contributed by atoms with Gasteiger partial charge in [0.2, 0.25) is 0 Å². The van der Waals surface area contributed by atoms with Crippen molar-refractivity contribution >= 4 is 11.6 Å². The first-order valence-electron chi connectivity index (χ1n) is 6.56. The Morgan fingerprint density at radius 3 is 2.65 bits per heavy atom. The minimum absolute atomic E-state index is 0.164. The fraction of sp³-hybridized carbons (Fsp3) is 0.571. The van der Waals surface area contributed by atoms with Gasteiger partial charge in [0.15, 0.2) is 0 Å². The molecule has 0 amide bonds. The van der Waals surface area contributed by atoms with E-state index in [1.54, 1.807) is 19.2 Å². The summed E-state index contributed by atoms with van der Waals surface area (Å²) in [5.74, 6) is 0.559. The van der Waals surface area contributed by atoms with Gasteiger partial charge in [0.25, 0.3) is 0 Å². The number of hydrogen-bond donors (Lipinski definition) is 3. The maximum Gasteiger partial charge on any atom is 0.138 e. The van der Waals surface area contributed by atoms with Crippen LogP contribution in [-0.4, -0.2) is 55.8 Å². The Morgan fingerprint density at radius 1 is 1.20 bits per heavy atom. The van der Waals surface area contributed by atoms with Crippen molar-refractivity contribution in [2.75, 3.05) is 33.4 Å². The molecule has 0 spiro atoms. The zero-order valence-corrected chi connectivity index (χ0v) is 12.3. The molecule has 0 aromatic heterocycles. The Kier molecular flexibility index (Phi) is 8.57. The molecule has 0 radical (unpaired) electrons. The van der Waals surface area contributed by atoms with Gasteiger partial charge < -0.3 is 25.0 Å². The van der Waals surface area contributed by atoms with E-state index >= 15 is 0 Å². The summed E-state index contributed by atoms with van der Waals surface area (Å²) in [5.41, 5.74) is 0. The first-order chi connectivity index (χ1) is 9.63. The van der Waals surface area contributed by atoms with Gasteiger partial charge in [0.1, 0.15) is 18.5 Å². The van der Waals surface area contributed by atoms with Crippen LogP contribution < -0.4 is 10.1 Å². The van der Waals surface area contributed by atoms with Crippen molar-refractivity contribution in [1.82, 2.24) is 5.32 Å². The summed E-state index contributed by atoms with van der Waals surface area (Å²) in [4.78, 5) is 0. The van der Waals surface area contributed by atoms with Crippen molar-refractivity contribution in [3.63, 3.8) is 0 Å². The Hall–Kier alpha value is -0.850. The van der Waals surface area contributed by atoms with E-state index in [1.807, 2.05) is 12.1 Å². The third-order valence-corrected chi connectivity index (χ3v) is 2.97. The molecule has 20 heavy (non-hydrogen) atoms. The number of hydrogen-bond acceptors (Lipinski definition) is 5. The molecule has 2 unspecified atom stereocenters. The SMILES string of the molecule is COCC(O)CCNCC(O)COc1ccccc1Cl. The lowest BCUT2D eigenvalue weighted by Gasteiger charge is -2.15. The van der Waals surface area contributed by atoms with Gasteiger partial charge in [-0.1, -0.05) is 23.7 Å². The molecule has 3 N–H and O–H groups in total. The van der Waals surface area contributed by atoms with Crippen LogP contribution in [0.1, 0.15) is 6.42 Å². The van der Waals surface area contributed by atoms with Crippen LogP contribution in [0, 0.1) is 0 Å². The number of methoxy groups -OCH3 is 1. The second kappa shape index (κ2) is 9.96. The van der Waals surface area contributed by atoms with Crippen LogP contribution in [0.3, 0.4) is 0 Å². The second-order valence-electron chi connectivity index (χ2n) is 4.50. The lowest BCUT2D eigenvalue weighted by Crippen LogP contribution is -2.33. The van der Waals surface area contributed by atoms with Gasteiger partial charge in [0.05, 0.1) is 17.7 Å². The molecule has 0 fully saturated rings. The van der Waals surface area contributed by atoms with Gasteiger partial charge in [-0.15, -0.1) is 0 Å². The molecule has 2 atom stereocenters. The van der Waals surface area contributed by atoms with E-state index in [-0.39, 0.29) is 6.61 Å². The molecule has 0 saturated carbocycles. The average Bonchev–Trinajstić information content (AvgIpc) is 2.43. The second-order valence-corrected chi connectivity index (χ2v) is 4.90. The van der Waals surface area contributed by atoms with Crippen LogP contribution in [0.25, 0.3) is 0 Å². The molecule has 114 valence electrons. The standard InChI is InChI=1S/C14H22ClNO4/c1-19-9-11(17)6-7-16-8-12(18)10-20-14-5-3-2-4-13(14)15/h2-5,11-12,16-18H,6-10H2,1H3. The van der Waals surface area contributed by atoms with Gasteiger partial charge >= 0.3 is 0 Å². The van der Waals surface area contributed by atoms with Crippen LogP contribution >= 0.6 is 11.6 Å². The van der Waals surface area contributed by atoms with Gasteiger partial charge in [0, 0.05) is 13.7 Å².